The highest BCUT2D eigenvalue weighted by molar-refractivity contribution is 5.89. The quantitative estimate of drug-likeness (QED) is 0.522. The number of aryl methyl sites for hydroxylation is 1. The number of urea groups is 1. The van der Waals surface area contributed by atoms with E-state index < -0.39 is 6.36 Å². The molecule has 0 spiro atoms. The highest BCUT2D eigenvalue weighted by Crippen LogP contribution is 2.24. The monoisotopic (exact) mass is 444 g/mol. The van der Waals surface area contributed by atoms with Crippen LogP contribution >= 0.6 is 0 Å². The first-order valence-electron chi connectivity index (χ1n) is 9.92. The predicted molar refractivity (Wildman–Crippen MR) is 115 cm³/mol. The Bertz CT molecular complexity index is 1050. The lowest BCUT2D eigenvalue weighted by molar-refractivity contribution is -0.274. The van der Waals surface area contributed by atoms with Gasteiger partial charge in [0.2, 0.25) is 0 Å². The molecule has 0 saturated carbocycles. The molecule has 0 atom stereocenters. The summed E-state index contributed by atoms with van der Waals surface area (Å²) in [5.41, 5.74) is 3.05. The Labute approximate surface area is 184 Å². The van der Waals surface area contributed by atoms with E-state index in [-0.39, 0.29) is 17.8 Å². The van der Waals surface area contributed by atoms with Gasteiger partial charge in [0.15, 0.2) is 5.82 Å². The van der Waals surface area contributed by atoms with Crippen LogP contribution in [0.4, 0.5) is 23.7 Å². The fraction of sp³-hybridized carbons (Fsp3) is 0.261. The minimum atomic E-state index is -4.77. The molecule has 1 N–H and O–H groups in total. The molecule has 2 aromatic carbocycles. The second-order valence-corrected chi connectivity index (χ2v) is 7.51. The van der Waals surface area contributed by atoms with E-state index in [4.69, 9.17) is 0 Å². The Kier molecular flexibility index (Phi) is 6.97. The maximum atomic E-state index is 12.8. The molecule has 3 rings (SSSR count). The van der Waals surface area contributed by atoms with Gasteiger partial charge in [0.05, 0.1) is 0 Å². The van der Waals surface area contributed by atoms with Gasteiger partial charge in [0, 0.05) is 36.2 Å². The van der Waals surface area contributed by atoms with Crippen LogP contribution in [0.5, 0.6) is 5.75 Å². The SMILES string of the molecule is Cc1cnc(-c2cccc(CN(C(=O)Nc3ccc(OC(F)(F)F)cc3)C(C)C)c2)nc1. The molecule has 1 heterocycles. The summed E-state index contributed by atoms with van der Waals surface area (Å²) in [5.74, 6) is 0.241. The summed E-state index contributed by atoms with van der Waals surface area (Å²) in [6, 6.07) is 12.1. The number of alkyl halides is 3. The molecule has 168 valence electrons. The van der Waals surface area contributed by atoms with E-state index in [0.29, 0.717) is 18.1 Å². The van der Waals surface area contributed by atoms with Gasteiger partial charge in [-0.2, -0.15) is 0 Å². The largest absolute Gasteiger partial charge is 0.573 e. The Morgan fingerprint density at radius 3 is 2.34 bits per heavy atom. The second-order valence-electron chi connectivity index (χ2n) is 7.51. The molecule has 0 unspecified atom stereocenters. The molecule has 9 heteroatoms. The zero-order chi connectivity index (χ0) is 23.3. The fourth-order valence-corrected chi connectivity index (χ4v) is 2.97. The topological polar surface area (TPSA) is 67.4 Å². The number of nitrogens with zero attached hydrogens (tertiary/aromatic N) is 3. The smallest absolute Gasteiger partial charge is 0.406 e. The van der Waals surface area contributed by atoms with Gasteiger partial charge in [-0.25, -0.2) is 14.8 Å². The fourth-order valence-electron chi connectivity index (χ4n) is 2.97. The third-order valence-electron chi connectivity index (χ3n) is 4.54. The van der Waals surface area contributed by atoms with Gasteiger partial charge < -0.3 is 15.0 Å². The lowest BCUT2D eigenvalue weighted by Gasteiger charge is -2.27. The molecule has 6 nitrogen and oxygen atoms in total. The van der Waals surface area contributed by atoms with Crippen LogP contribution in [0.25, 0.3) is 11.4 Å². The molecule has 3 aromatic rings. The van der Waals surface area contributed by atoms with Gasteiger partial charge in [-0.1, -0.05) is 18.2 Å². The number of ether oxygens (including phenoxy) is 1. The third kappa shape index (κ3) is 6.44. The zero-order valence-corrected chi connectivity index (χ0v) is 17.8. The van der Waals surface area contributed by atoms with E-state index in [9.17, 15) is 18.0 Å². The molecule has 0 aliphatic rings. The number of carbonyl (C=O) groups excluding carboxylic acids is 1. The van der Waals surface area contributed by atoms with Crippen molar-refractivity contribution >= 4 is 11.7 Å². The number of anilines is 1. The van der Waals surface area contributed by atoms with Gasteiger partial charge in [-0.3, -0.25) is 0 Å². The number of benzene rings is 2. The molecule has 0 aliphatic carbocycles. The van der Waals surface area contributed by atoms with Crippen molar-refractivity contribution in [2.75, 3.05) is 5.32 Å². The number of aromatic nitrogens is 2. The summed E-state index contributed by atoms with van der Waals surface area (Å²) < 4.78 is 40.8. The Balaban J connectivity index is 1.71. The van der Waals surface area contributed by atoms with E-state index in [1.165, 1.54) is 12.1 Å². The maximum Gasteiger partial charge on any atom is 0.573 e. The number of amides is 2. The van der Waals surface area contributed by atoms with Gasteiger partial charge in [0.25, 0.3) is 0 Å². The van der Waals surface area contributed by atoms with E-state index in [1.807, 2.05) is 45.0 Å². The van der Waals surface area contributed by atoms with Crippen molar-refractivity contribution in [3.63, 3.8) is 0 Å². The van der Waals surface area contributed by atoms with Crippen LogP contribution in [0, 0.1) is 6.92 Å². The number of rotatable bonds is 6. The van der Waals surface area contributed by atoms with Crippen LogP contribution in [0.15, 0.2) is 60.9 Å². The molecule has 0 aliphatic heterocycles. The van der Waals surface area contributed by atoms with Crippen molar-refractivity contribution in [1.29, 1.82) is 0 Å². The summed E-state index contributed by atoms with van der Waals surface area (Å²) in [7, 11) is 0. The molecular weight excluding hydrogens is 421 g/mol. The minimum Gasteiger partial charge on any atom is -0.406 e. The van der Waals surface area contributed by atoms with Crippen LogP contribution < -0.4 is 10.1 Å². The van der Waals surface area contributed by atoms with Gasteiger partial charge in [-0.15, -0.1) is 13.2 Å². The Morgan fingerprint density at radius 2 is 1.75 bits per heavy atom. The van der Waals surface area contributed by atoms with E-state index in [2.05, 4.69) is 20.0 Å². The first-order chi connectivity index (χ1) is 15.1. The zero-order valence-electron chi connectivity index (χ0n) is 17.8. The van der Waals surface area contributed by atoms with E-state index in [1.54, 1.807) is 17.3 Å². The second kappa shape index (κ2) is 9.67. The summed E-state index contributed by atoms with van der Waals surface area (Å²) in [6.45, 7) is 6.01. The summed E-state index contributed by atoms with van der Waals surface area (Å²) in [6.07, 6.45) is -1.28. The number of carbonyl (C=O) groups is 1. The average molecular weight is 444 g/mol. The van der Waals surface area contributed by atoms with Gasteiger partial charge >= 0.3 is 12.4 Å². The highest BCUT2D eigenvalue weighted by Gasteiger charge is 2.31. The Morgan fingerprint density at radius 1 is 1.09 bits per heavy atom. The van der Waals surface area contributed by atoms with Gasteiger partial charge in [-0.05, 0) is 62.2 Å². The van der Waals surface area contributed by atoms with Crippen molar-refractivity contribution in [2.24, 2.45) is 0 Å². The van der Waals surface area contributed by atoms with Crippen molar-refractivity contribution in [3.8, 4) is 17.1 Å². The lowest BCUT2D eigenvalue weighted by atomic mass is 10.1. The van der Waals surface area contributed by atoms with Crippen molar-refractivity contribution < 1.29 is 22.7 Å². The maximum absolute atomic E-state index is 12.8. The van der Waals surface area contributed by atoms with Crippen molar-refractivity contribution in [2.45, 2.75) is 39.7 Å². The first-order valence-corrected chi connectivity index (χ1v) is 9.92. The molecule has 32 heavy (non-hydrogen) atoms. The van der Waals surface area contributed by atoms with E-state index >= 15 is 0 Å². The predicted octanol–water partition coefficient (Wildman–Crippen LogP) is 5.79. The normalized spacial score (nSPS) is 11.3. The van der Waals surface area contributed by atoms with Crippen LogP contribution in [-0.2, 0) is 6.54 Å². The first kappa shape index (κ1) is 23.1. The molecule has 0 bridgehead atoms. The number of hydrogen-bond donors (Lipinski definition) is 1. The van der Waals surface area contributed by atoms with Crippen LogP contribution in [0.1, 0.15) is 25.0 Å². The molecule has 0 saturated heterocycles. The standard InChI is InChI=1S/C23H23F3N4O2/c1-15(2)30(22(31)29-19-7-9-20(10-8-19)32-23(24,25)26)14-17-5-4-6-18(11-17)21-27-12-16(3)13-28-21/h4-13,15H,14H2,1-3H3,(H,29,31). The molecular formula is C23H23F3N4O2. The van der Waals surface area contributed by atoms with Crippen LogP contribution in [-0.4, -0.2) is 33.3 Å². The average Bonchev–Trinajstić information content (AvgIpc) is 2.73. The van der Waals surface area contributed by atoms with Crippen LogP contribution in [0.3, 0.4) is 0 Å². The third-order valence-corrected chi connectivity index (χ3v) is 4.54. The summed E-state index contributed by atoms with van der Waals surface area (Å²) >= 11 is 0. The molecule has 0 fully saturated rings. The Hall–Kier alpha value is -3.62. The highest BCUT2D eigenvalue weighted by atomic mass is 19.4. The van der Waals surface area contributed by atoms with Crippen LogP contribution in [0.2, 0.25) is 0 Å². The number of halogens is 3. The number of nitrogens with one attached hydrogen (secondary N) is 1. The lowest BCUT2D eigenvalue weighted by Crippen LogP contribution is -2.39. The molecule has 0 radical (unpaired) electrons. The molecule has 2 amide bonds. The van der Waals surface area contributed by atoms with Crippen molar-refractivity contribution in [1.82, 2.24) is 14.9 Å². The minimum absolute atomic E-state index is 0.123. The van der Waals surface area contributed by atoms with E-state index in [0.717, 1.165) is 28.8 Å². The van der Waals surface area contributed by atoms with Gasteiger partial charge in [0.1, 0.15) is 5.75 Å². The number of hydrogen-bond acceptors (Lipinski definition) is 4. The molecule has 1 aromatic heterocycles. The summed E-state index contributed by atoms with van der Waals surface area (Å²) in [4.78, 5) is 23.1. The summed E-state index contributed by atoms with van der Waals surface area (Å²) in [5, 5.41) is 2.71. The van der Waals surface area contributed by atoms with Crippen molar-refractivity contribution in [3.05, 3.63) is 72.1 Å².